The van der Waals surface area contributed by atoms with Gasteiger partial charge in [-0.25, -0.2) is 4.98 Å². The lowest BCUT2D eigenvalue weighted by atomic mass is 9.84. The van der Waals surface area contributed by atoms with Crippen molar-refractivity contribution in [3.05, 3.63) is 95.1 Å². The van der Waals surface area contributed by atoms with Crippen LogP contribution >= 0.6 is 11.3 Å². The highest BCUT2D eigenvalue weighted by Crippen LogP contribution is 2.29. The number of aromatic nitrogens is 2. The molecule has 0 N–H and O–H groups in total. The Morgan fingerprint density at radius 1 is 1.17 bits per heavy atom. The van der Waals surface area contributed by atoms with Crippen LogP contribution in [0.4, 0.5) is 0 Å². The molecule has 0 unspecified atom stereocenters. The van der Waals surface area contributed by atoms with Gasteiger partial charge in [-0.3, -0.25) is 14.3 Å². The average Bonchev–Trinajstić information content (AvgIpc) is 3.65. The smallest absolute Gasteiger partial charge is 0.257 e. The summed E-state index contributed by atoms with van der Waals surface area (Å²) in [5, 5.41) is 3.03. The molecule has 1 fully saturated rings. The molecule has 5 rings (SSSR count). The Hall–Kier alpha value is -3.16. The van der Waals surface area contributed by atoms with Crippen LogP contribution in [0.2, 0.25) is 0 Å². The zero-order chi connectivity index (χ0) is 24.2. The Morgan fingerprint density at radius 2 is 1.97 bits per heavy atom. The summed E-state index contributed by atoms with van der Waals surface area (Å²) >= 11 is 1.66. The van der Waals surface area contributed by atoms with E-state index in [9.17, 15) is 4.79 Å². The number of thiazole rings is 1. The summed E-state index contributed by atoms with van der Waals surface area (Å²) in [7, 11) is 1.95. The van der Waals surface area contributed by atoms with E-state index in [2.05, 4.69) is 57.0 Å². The molecule has 182 valence electrons. The van der Waals surface area contributed by atoms with Gasteiger partial charge in [0.05, 0.1) is 11.8 Å². The summed E-state index contributed by atoms with van der Waals surface area (Å²) in [5.41, 5.74) is 3.19. The molecular weight excluding hydrogens is 456 g/mol. The molecule has 0 spiro atoms. The number of carbonyl (C=O) groups is 1. The zero-order valence-corrected chi connectivity index (χ0v) is 21.2. The highest BCUT2D eigenvalue weighted by Gasteiger charge is 2.33. The lowest BCUT2D eigenvalue weighted by molar-refractivity contribution is 0.0582. The predicted molar refractivity (Wildman–Crippen MR) is 139 cm³/mol. The van der Waals surface area contributed by atoms with Crippen molar-refractivity contribution in [1.29, 1.82) is 0 Å². The van der Waals surface area contributed by atoms with Crippen LogP contribution in [0.25, 0.3) is 5.13 Å². The topological polar surface area (TPSA) is 54.5 Å². The third kappa shape index (κ3) is 5.26. The molecule has 1 aliphatic heterocycles. The summed E-state index contributed by atoms with van der Waals surface area (Å²) in [6, 6.07) is 16.7. The summed E-state index contributed by atoms with van der Waals surface area (Å²) in [4.78, 5) is 22.3. The molecule has 1 aromatic carbocycles. The molecule has 0 saturated carbocycles. The third-order valence-corrected chi connectivity index (χ3v) is 7.99. The van der Waals surface area contributed by atoms with Crippen molar-refractivity contribution in [1.82, 2.24) is 19.4 Å². The summed E-state index contributed by atoms with van der Waals surface area (Å²) in [5.74, 6) is 1.16. The normalized spacial score (nSPS) is 15.8. The monoisotopic (exact) mass is 488 g/mol. The van der Waals surface area contributed by atoms with E-state index in [4.69, 9.17) is 4.42 Å². The first-order chi connectivity index (χ1) is 17.1. The van der Waals surface area contributed by atoms with Crippen molar-refractivity contribution in [3.63, 3.8) is 0 Å². The van der Waals surface area contributed by atoms with Crippen LogP contribution in [0.5, 0.6) is 0 Å². The van der Waals surface area contributed by atoms with Gasteiger partial charge in [0.1, 0.15) is 5.76 Å². The number of nitrogens with zero attached hydrogens (tertiary/aromatic N) is 4. The van der Waals surface area contributed by atoms with Crippen molar-refractivity contribution in [2.24, 2.45) is 5.92 Å². The van der Waals surface area contributed by atoms with Gasteiger partial charge in [0.25, 0.3) is 5.91 Å². The number of hydrogen-bond acceptors (Lipinski definition) is 5. The zero-order valence-electron chi connectivity index (χ0n) is 20.3. The number of furan rings is 1. The molecule has 0 bridgehead atoms. The Labute approximate surface area is 210 Å². The van der Waals surface area contributed by atoms with Gasteiger partial charge in [-0.2, -0.15) is 0 Å². The first kappa shape index (κ1) is 23.6. The third-order valence-electron chi connectivity index (χ3n) is 7.22. The molecule has 1 saturated heterocycles. The Balaban J connectivity index is 1.28. The first-order valence-electron chi connectivity index (χ1n) is 12.2. The van der Waals surface area contributed by atoms with E-state index in [-0.39, 0.29) is 11.9 Å². The lowest BCUT2D eigenvalue weighted by Gasteiger charge is -2.40. The second kappa shape index (κ2) is 10.6. The van der Waals surface area contributed by atoms with Crippen LogP contribution in [0.15, 0.2) is 77.0 Å². The van der Waals surface area contributed by atoms with Gasteiger partial charge >= 0.3 is 0 Å². The summed E-state index contributed by atoms with van der Waals surface area (Å²) < 4.78 is 7.61. The van der Waals surface area contributed by atoms with E-state index in [0.717, 1.165) is 44.0 Å². The van der Waals surface area contributed by atoms with Crippen LogP contribution in [-0.2, 0) is 13.0 Å². The van der Waals surface area contributed by atoms with Crippen LogP contribution < -0.4 is 0 Å². The summed E-state index contributed by atoms with van der Waals surface area (Å²) in [6.45, 7) is 4.80. The molecular formula is C28H32N4O2S. The van der Waals surface area contributed by atoms with Gasteiger partial charge in [-0.15, -0.1) is 11.3 Å². The van der Waals surface area contributed by atoms with Crippen molar-refractivity contribution < 1.29 is 9.21 Å². The van der Waals surface area contributed by atoms with Crippen molar-refractivity contribution in [3.8, 4) is 5.13 Å². The van der Waals surface area contributed by atoms with Gasteiger partial charge in [0, 0.05) is 43.1 Å². The number of aryl methyl sites for hydroxylation is 1. The van der Waals surface area contributed by atoms with E-state index in [1.54, 1.807) is 23.7 Å². The van der Waals surface area contributed by atoms with Gasteiger partial charge in [-0.1, -0.05) is 30.3 Å². The SMILES string of the molecule is Cc1occc1C(=O)N(C)[C@H](Cc1ccccc1)C1CCN(Cc2cccn2-c2nccs2)CC1. The largest absolute Gasteiger partial charge is 0.469 e. The number of benzene rings is 1. The molecule has 0 radical (unpaired) electrons. The molecule has 3 aromatic heterocycles. The van der Waals surface area contributed by atoms with Crippen LogP contribution in [0.3, 0.4) is 0 Å². The molecule has 4 aromatic rings. The van der Waals surface area contributed by atoms with Crippen molar-refractivity contribution in [2.75, 3.05) is 20.1 Å². The average molecular weight is 489 g/mol. The number of amides is 1. The Bertz CT molecular complexity index is 1220. The maximum atomic E-state index is 13.4. The number of hydrogen-bond donors (Lipinski definition) is 0. The van der Waals surface area contributed by atoms with Crippen molar-refractivity contribution in [2.45, 2.75) is 38.8 Å². The van der Waals surface area contributed by atoms with Crippen LogP contribution in [0.1, 0.15) is 40.2 Å². The quantitative estimate of drug-likeness (QED) is 0.332. The fourth-order valence-corrected chi connectivity index (χ4v) is 5.87. The van der Waals surface area contributed by atoms with Gasteiger partial charge in [0.15, 0.2) is 5.13 Å². The van der Waals surface area contributed by atoms with Gasteiger partial charge in [-0.05, 0) is 69.0 Å². The molecule has 35 heavy (non-hydrogen) atoms. The highest BCUT2D eigenvalue weighted by atomic mass is 32.1. The maximum Gasteiger partial charge on any atom is 0.257 e. The second-order valence-corrected chi connectivity index (χ2v) is 10.2. The molecule has 1 atom stereocenters. The number of likely N-dealkylation sites (N-methyl/N-ethyl adjacent to an activating group) is 1. The van der Waals surface area contributed by atoms with Crippen LogP contribution in [-0.4, -0.2) is 51.4 Å². The number of rotatable bonds is 8. The Morgan fingerprint density at radius 3 is 2.66 bits per heavy atom. The van der Waals surface area contributed by atoms with E-state index >= 15 is 0 Å². The van der Waals surface area contributed by atoms with Gasteiger partial charge < -0.3 is 9.32 Å². The Kier molecular flexibility index (Phi) is 7.16. The minimum absolute atomic E-state index is 0.0425. The second-order valence-electron chi connectivity index (χ2n) is 9.36. The van der Waals surface area contributed by atoms with E-state index in [0.29, 0.717) is 17.2 Å². The standard InChI is InChI=1S/C28H32N4O2S/c1-21-25(12-17-34-21)27(33)30(2)26(19-22-7-4-3-5-8-22)23-10-15-31(16-11-23)20-24-9-6-14-32(24)28-29-13-18-35-28/h3-9,12-14,17-18,23,26H,10-11,15-16,19-20H2,1-2H3/t26-/m1/s1. The van der Waals surface area contributed by atoms with E-state index in [1.807, 2.05) is 36.5 Å². The van der Waals surface area contributed by atoms with Gasteiger partial charge in [0.2, 0.25) is 0 Å². The number of likely N-dealkylation sites (tertiary alicyclic amines) is 1. The number of carbonyl (C=O) groups excluding carboxylic acids is 1. The number of piperidine rings is 1. The first-order valence-corrected chi connectivity index (χ1v) is 13.1. The fourth-order valence-electron chi connectivity index (χ4n) is 5.21. The predicted octanol–water partition coefficient (Wildman–Crippen LogP) is 5.43. The molecule has 1 amide bonds. The molecule has 0 aliphatic carbocycles. The van der Waals surface area contributed by atoms with Crippen LogP contribution in [0, 0.1) is 12.8 Å². The molecule has 7 heteroatoms. The van der Waals surface area contributed by atoms with Crippen molar-refractivity contribution >= 4 is 17.2 Å². The maximum absolute atomic E-state index is 13.4. The lowest BCUT2D eigenvalue weighted by Crippen LogP contribution is -2.47. The molecule has 1 aliphatic rings. The fraction of sp³-hybridized carbons (Fsp3) is 0.357. The highest BCUT2D eigenvalue weighted by molar-refractivity contribution is 7.12. The summed E-state index contributed by atoms with van der Waals surface area (Å²) in [6.07, 6.45) is 8.54. The van der Waals surface area contributed by atoms with E-state index in [1.165, 1.54) is 11.3 Å². The van der Waals surface area contributed by atoms with E-state index < -0.39 is 0 Å². The molecule has 4 heterocycles. The minimum Gasteiger partial charge on any atom is -0.469 e. The minimum atomic E-state index is 0.0425. The molecule has 6 nitrogen and oxygen atoms in total.